The first-order valence-corrected chi connectivity index (χ1v) is 9.75. The number of carbonyl (C=O) groups excluding carboxylic acids is 2. The third-order valence-electron chi connectivity index (χ3n) is 5.02. The highest BCUT2D eigenvalue weighted by Gasteiger charge is 2.26. The van der Waals surface area contributed by atoms with Crippen LogP contribution in [0.1, 0.15) is 43.0 Å². The number of ether oxygens (including phenoxy) is 1. The predicted octanol–water partition coefficient (Wildman–Crippen LogP) is 4.22. The minimum atomic E-state index is -0.209. The second kappa shape index (κ2) is 10.8. The highest BCUT2D eigenvalue weighted by Crippen LogP contribution is 2.27. The normalized spacial score (nSPS) is 17.9. The molecule has 1 aliphatic carbocycles. The van der Waals surface area contributed by atoms with Crippen LogP contribution in [-0.2, 0) is 4.79 Å². The Morgan fingerprint density at radius 2 is 1.62 bits per heavy atom. The number of amides is 2. The SMILES string of the molecule is CCOc1ccc(NC(=O)c2ccc(NC(=O)C[C@@H]3CCC[C@H]3N)cc2)cc1.Cl. The van der Waals surface area contributed by atoms with Crippen molar-refractivity contribution < 1.29 is 14.3 Å². The summed E-state index contributed by atoms with van der Waals surface area (Å²) < 4.78 is 5.39. The fourth-order valence-electron chi connectivity index (χ4n) is 3.48. The first-order chi connectivity index (χ1) is 13.5. The molecule has 0 heterocycles. The van der Waals surface area contributed by atoms with Gasteiger partial charge in [-0.25, -0.2) is 0 Å². The highest BCUT2D eigenvalue weighted by molar-refractivity contribution is 6.04. The number of nitrogens with one attached hydrogen (secondary N) is 2. The fraction of sp³-hybridized carbons (Fsp3) is 0.364. The summed E-state index contributed by atoms with van der Waals surface area (Å²) in [5.74, 6) is 0.784. The van der Waals surface area contributed by atoms with Crippen LogP contribution in [0.2, 0.25) is 0 Å². The Morgan fingerprint density at radius 1 is 1.00 bits per heavy atom. The maximum Gasteiger partial charge on any atom is 0.255 e. The average Bonchev–Trinajstić information content (AvgIpc) is 3.08. The summed E-state index contributed by atoms with van der Waals surface area (Å²) in [6.45, 7) is 2.52. The van der Waals surface area contributed by atoms with Crippen molar-refractivity contribution in [1.29, 1.82) is 0 Å². The summed E-state index contributed by atoms with van der Waals surface area (Å²) >= 11 is 0. The van der Waals surface area contributed by atoms with Gasteiger partial charge >= 0.3 is 0 Å². The van der Waals surface area contributed by atoms with Gasteiger partial charge in [0.1, 0.15) is 5.75 Å². The van der Waals surface area contributed by atoms with Crippen molar-refractivity contribution in [2.45, 2.75) is 38.6 Å². The van der Waals surface area contributed by atoms with Gasteiger partial charge in [-0.2, -0.15) is 0 Å². The first-order valence-electron chi connectivity index (χ1n) is 9.75. The zero-order valence-corrected chi connectivity index (χ0v) is 17.3. The zero-order valence-electron chi connectivity index (χ0n) is 16.5. The summed E-state index contributed by atoms with van der Waals surface area (Å²) in [4.78, 5) is 24.6. The van der Waals surface area contributed by atoms with Crippen LogP contribution in [-0.4, -0.2) is 24.5 Å². The van der Waals surface area contributed by atoms with Gasteiger partial charge < -0.3 is 21.1 Å². The molecule has 0 aromatic heterocycles. The molecule has 1 fully saturated rings. The van der Waals surface area contributed by atoms with Gasteiger partial charge in [0, 0.05) is 29.4 Å². The van der Waals surface area contributed by atoms with Gasteiger partial charge in [0.2, 0.25) is 5.91 Å². The molecule has 2 amide bonds. The molecule has 0 bridgehead atoms. The molecule has 156 valence electrons. The minimum absolute atomic E-state index is 0. The quantitative estimate of drug-likeness (QED) is 0.628. The molecule has 2 aromatic carbocycles. The second-order valence-corrected chi connectivity index (χ2v) is 7.10. The Kier molecular flexibility index (Phi) is 8.49. The van der Waals surface area contributed by atoms with Crippen molar-refractivity contribution in [2.75, 3.05) is 17.2 Å². The van der Waals surface area contributed by atoms with E-state index in [1.807, 2.05) is 19.1 Å². The summed E-state index contributed by atoms with van der Waals surface area (Å²) in [7, 11) is 0. The van der Waals surface area contributed by atoms with Gasteiger partial charge in [-0.1, -0.05) is 6.42 Å². The molecule has 6 nitrogen and oxygen atoms in total. The number of benzene rings is 2. The molecule has 7 heteroatoms. The Hall–Kier alpha value is -2.57. The molecule has 2 aromatic rings. The number of carbonyl (C=O) groups is 2. The van der Waals surface area contributed by atoms with Gasteiger partial charge in [0.05, 0.1) is 6.61 Å². The molecule has 2 atom stereocenters. The maximum atomic E-state index is 12.4. The lowest BCUT2D eigenvalue weighted by molar-refractivity contribution is -0.117. The highest BCUT2D eigenvalue weighted by atomic mass is 35.5. The van der Waals surface area contributed by atoms with E-state index in [0.29, 0.717) is 30.0 Å². The summed E-state index contributed by atoms with van der Waals surface area (Å²) in [6.07, 6.45) is 3.55. The van der Waals surface area contributed by atoms with Crippen molar-refractivity contribution >= 4 is 35.6 Å². The topological polar surface area (TPSA) is 93.5 Å². The van der Waals surface area contributed by atoms with Crippen LogP contribution in [0.5, 0.6) is 5.75 Å². The number of rotatable bonds is 7. The van der Waals surface area contributed by atoms with Crippen LogP contribution in [0.25, 0.3) is 0 Å². The van der Waals surface area contributed by atoms with E-state index < -0.39 is 0 Å². The van der Waals surface area contributed by atoms with E-state index >= 15 is 0 Å². The van der Waals surface area contributed by atoms with Gasteiger partial charge in [-0.15, -0.1) is 12.4 Å². The molecule has 0 spiro atoms. The van der Waals surface area contributed by atoms with Crippen molar-refractivity contribution in [3.63, 3.8) is 0 Å². The van der Waals surface area contributed by atoms with Gasteiger partial charge in [0.15, 0.2) is 0 Å². The molecule has 0 unspecified atom stereocenters. The van der Waals surface area contributed by atoms with Crippen LogP contribution in [0.15, 0.2) is 48.5 Å². The number of anilines is 2. The largest absolute Gasteiger partial charge is 0.494 e. The smallest absolute Gasteiger partial charge is 0.255 e. The summed E-state index contributed by atoms with van der Waals surface area (Å²) in [5.41, 5.74) is 7.92. The molecule has 29 heavy (non-hydrogen) atoms. The van der Waals surface area contributed by atoms with E-state index in [4.69, 9.17) is 10.5 Å². The first kappa shape index (κ1) is 22.7. The van der Waals surface area contributed by atoms with Gasteiger partial charge in [-0.3, -0.25) is 9.59 Å². The molecule has 0 radical (unpaired) electrons. The van der Waals surface area contributed by atoms with E-state index in [1.54, 1.807) is 36.4 Å². The molecule has 1 saturated carbocycles. The van der Waals surface area contributed by atoms with Crippen LogP contribution >= 0.6 is 12.4 Å². The standard InChI is InChI=1S/C22H27N3O3.ClH/c1-2-28-19-12-10-18(11-13-19)25-22(27)15-6-8-17(9-7-15)24-21(26)14-16-4-3-5-20(16)23;/h6-13,16,20H,2-5,14,23H2,1H3,(H,24,26)(H,25,27);1H/t16-,20+;/m0./s1. The lowest BCUT2D eigenvalue weighted by Crippen LogP contribution is -2.28. The van der Waals surface area contributed by atoms with E-state index in [0.717, 1.165) is 25.0 Å². The third-order valence-corrected chi connectivity index (χ3v) is 5.02. The number of nitrogens with two attached hydrogens (primary N) is 1. The predicted molar refractivity (Wildman–Crippen MR) is 118 cm³/mol. The lowest BCUT2D eigenvalue weighted by Gasteiger charge is -2.15. The maximum absolute atomic E-state index is 12.4. The van der Waals surface area contributed by atoms with Crippen molar-refractivity contribution in [3.05, 3.63) is 54.1 Å². The molecule has 0 aliphatic heterocycles. The average molecular weight is 418 g/mol. The molecule has 1 aliphatic rings. The lowest BCUT2D eigenvalue weighted by atomic mass is 10.00. The minimum Gasteiger partial charge on any atom is -0.494 e. The third kappa shape index (κ3) is 6.48. The second-order valence-electron chi connectivity index (χ2n) is 7.10. The van der Waals surface area contributed by atoms with E-state index in [9.17, 15) is 9.59 Å². The fourth-order valence-corrected chi connectivity index (χ4v) is 3.48. The number of hydrogen-bond donors (Lipinski definition) is 3. The van der Waals surface area contributed by atoms with Crippen molar-refractivity contribution in [3.8, 4) is 5.75 Å². The number of halogens is 1. The molecular formula is C22H28ClN3O3. The Balaban J connectivity index is 0.00000300. The van der Waals surface area contributed by atoms with E-state index in [2.05, 4.69) is 10.6 Å². The van der Waals surface area contributed by atoms with Crippen LogP contribution < -0.4 is 21.1 Å². The van der Waals surface area contributed by atoms with E-state index in [1.165, 1.54) is 0 Å². The van der Waals surface area contributed by atoms with Gasteiger partial charge in [-0.05, 0) is 74.2 Å². The summed E-state index contributed by atoms with van der Waals surface area (Å²) in [5, 5.41) is 5.73. The molecular weight excluding hydrogens is 390 g/mol. The zero-order chi connectivity index (χ0) is 19.9. The molecule has 0 saturated heterocycles. The summed E-state index contributed by atoms with van der Waals surface area (Å²) in [6, 6.07) is 14.2. The number of hydrogen-bond acceptors (Lipinski definition) is 4. The molecule has 4 N–H and O–H groups in total. The molecule has 3 rings (SSSR count). The Bertz CT molecular complexity index is 809. The van der Waals surface area contributed by atoms with Gasteiger partial charge in [0.25, 0.3) is 5.91 Å². The van der Waals surface area contributed by atoms with Crippen LogP contribution in [0.4, 0.5) is 11.4 Å². The van der Waals surface area contributed by atoms with Crippen LogP contribution in [0.3, 0.4) is 0 Å². The van der Waals surface area contributed by atoms with Crippen molar-refractivity contribution in [1.82, 2.24) is 0 Å². The van der Waals surface area contributed by atoms with E-state index in [-0.39, 0.29) is 36.2 Å². The van der Waals surface area contributed by atoms with Crippen molar-refractivity contribution in [2.24, 2.45) is 11.7 Å². The monoisotopic (exact) mass is 417 g/mol. The Labute approximate surface area is 177 Å². The van der Waals surface area contributed by atoms with Crippen LogP contribution in [0, 0.1) is 5.92 Å². The Morgan fingerprint density at radius 3 is 2.21 bits per heavy atom.